The molecule has 0 aliphatic rings. The highest BCUT2D eigenvalue weighted by Gasteiger charge is 2.13. The average Bonchev–Trinajstić information content (AvgIpc) is 2.97. The number of esters is 2. The van der Waals surface area contributed by atoms with Gasteiger partial charge in [0.15, 0.2) is 0 Å². The van der Waals surface area contributed by atoms with E-state index >= 15 is 0 Å². The summed E-state index contributed by atoms with van der Waals surface area (Å²) in [4.78, 5) is 24.4. The van der Waals surface area contributed by atoms with E-state index in [0.29, 0.717) is 18.8 Å². The lowest BCUT2D eigenvalue weighted by Gasteiger charge is -2.09. The van der Waals surface area contributed by atoms with Crippen molar-refractivity contribution in [3.05, 3.63) is 65.7 Å². The fraction of sp³-hybridized carbons (Fsp3) is 0.529. The Kier molecular flexibility index (Phi) is 17.1. The molecule has 0 bridgehead atoms. The molecule has 2 rings (SSSR count). The van der Waals surface area contributed by atoms with Gasteiger partial charge >= 0.3 is 11.9 Å². The lowest BCUT2D eigenvalue weighted by atomic mass is 10.1. The highest BCUT2D eigenvalue weighted by atomic mass is 19.1. The van der Waals surface area contributed by atoms with Crippen molar-refractivity contribution >= 4 is 18.0 Å². The van der Waals surface area contributed by atoms with Gasteiger partial charge in [0.1, 0.15) is 24.3 Å². The summed E-state index contributed by atoms with van der Waals surface area (Å²) in [6, 6.07) is 13.6. The van der Waals surface area contributed by atoms with Crippen LogP contribution in [-0.4, -0.2) is 31.3 Å². The molecule has 1 unspecified atom stereocenters. The highest BCUT2D eigenvalue weighted by Crippen LogP contribution is 2.17. The molecular weight excluding hydrogens is 507 g/mol. The van der Waals surface area contributed by atoms with E-state index < -0.39 is 18.1 Å². The maximum atomic E-state index is 13.9. The number of rotatable bonds is 21. The van der Waals surface area contributed by atoms with Gasteiger partial charge in [-0.2, -0.15) is 0 Å². The van der Waals surface area contributed by atoms with Gasteiger partial charge in [-0.15, -0.1) is 0 Å². The zero-order chi connectivity index (χ0) is 28.8. The molecule has 0 saturated carbocycles. The number of benzene rings is 2. The molecule has 40 heavy (non-hydrogen) atoms. The normalized spacial score (nSPS) is 11.9. The van der Waals surface area contributed by atoms with E-state index in [1.165, 1.54) is 75.3 Å². The molecule has 0 aromatic heterocycles. The van der Waals surface area contributed by atoms with E-state index in [1.807, 2.05) is 24.3 Å². The standard InChI is InChI=1S/C34H47FO5/c1-3-5-7-9-10-11-12-14-26-38-31-21-16-28(17-22-31)18-25-33(36)40-32-23-19-29(20-24-32)34(37)39-27-30(35)15-13-8-6-4-2/h16-25,30H,3-15,26-27H2,1-2H3. The molecule has 5 nitrogen and oxygen atoms in total. The fourth-order valence-corrected chi connectivity index (χ4v) is 4.20. The first-order valence-electron chi connectivity index (χ1n) is 15.1. The van der Waals surface area contributed by atoms with Gasteiger partial charge in [-0.05, 0) is 60.9 Å². The van der Waals surface area contributed by atoms with Crippen molar-refractivity contribution in [3.63, 3.8) is 0 Å². The quantitative estimate of drug-likeness (QED) is 0.0666. The van der Waals surface area contributed by atoms with Gasteiger partial charge in [0.05, 0.1) is 12.2 Å². The van der Waals surface area contributed by atoms with Gasteiger partial charge in [0, 0.05) is 6.08 Å². The molecule has 6 heteroatoms. The van der Waals surface area contributed by atoms with Crippen molar-refractivity contribution in [2.75, 3.05) is 13.2 Å². The molecule has 0 saturated heterocycles. The number of hydrogen-bond donors (Lipinski definition) is 0. The number of unbranched alkanes of at least 4 members (excludes halogenated alkanes) is 10. The van der Waals surface area contributed by atoms with Crippen molar-refractivity contribution in [2.45, 2.75) is 103 Å². The molecule has 0 N–H and O–H groups in total. The first-order valence-corrected chi connectivity index (χ1v) is 15.1. The van der Waals surface area contributed by atoms with E-state index in [1.54, 1.807) is 6.08 Å². The Bertz CT molecular complexity index is 984. The minimum atomic E-state index is -1.16. The largest absolute Gasteiger partial charge is 0.494 e. The molecule has 0 aliphatic carbocycles. The maximum Gasteiger partial charge on any atom is 0.338 e. The molecule has 1 atom stereocenters. The molecule has 0 fully saturated rings. The van der Waals surface area contributed by atoms with Crippen LogP contribution < -0.4 is 9.47 Å². The third-order valence-corrected chi connectivity index (χ3v) is 6.63. The molecule has 2 aromatic rings. The first kappa shape index (κ1) is 33.1. The molecule has 0 radical (unpaired) electrons. The van der Waals surface area contributed by atoms with Gasteiger partial charge in [-0.25, -0.2) is 14.0 Å². The summed E-state index contributed by atoms with van der Waals surface area (Å²) < 4.78 is 30.1. The Hall–Kier alpha value is -3.15. The molecule has 0 amide bonds. The number of hydrogen-bond acceptors (Lipinski definition) is 5. The zero-order valence-corrected chi connectivity index (χ0v) is 24.4. The second-order valence-electron chi connectivity index (χ2n) is 10.2. The summed E-state index contributed by atoms with van der Waals surface area (Å²) >= 11 is 0. The van der Waals surface area contributed by atoms with Crippen LogP contribution in [0.3, 0.4) is 0 Å². The Morgan fingerprint density at radius 2 is 1.32 bits per heavy atom. The van der Waals surface area contributed by atoms with Crippen LogP contribution in [0.15, 0.2) is 54.6 Å². The smallest absolute Gasteiger partial charge is 0.338 e. The molecular formula is C34H47FO5. The lowest BCUT2D eigenvalue weighted by molar-refractivity contribution is -0.128. The summed E-state index contributed by atoms with van der Waals surface area (Å²) in [5, 5.41) is 0. The number of carbonyl (C=O) groups is 2. The predicted molar refractivity (Wildman–Crippen MR) is 160 cm³/mol. The maximum absolute atomic E-state index is 13.9. The van der Waals surface area contributed by atoms with Crippen molar-refractivity contribution in [3.8, 4) is 11.5 Å². The first-order chi connectivity index (χ1) is 19.5. The van der Waals surface area contributed by atoms with Crippen molar-refractivity contribution < 1.29 is 28.2 Å². The van der Waals surface area contributed by atoms with E-state index in [-0.39, 0.29) is 12.2 Å². The van der Waals surface area contributed by atoms with Crippen LogP contribution in [0, 0.1) is 0 Å². The zero-order valence-electron chi connectivity index (χ0n) is 24.4. The molecule has 2 aromatic carbocycles. The van der Waals surface area contributed by atoms with Crippen LogP contribution in [0.5, 0.6) is 11.5 Å². The topological polar surface area (TPSA) is 61.8 Å². The minimum absolute atomic E-state index is 0.251. The SMILES string of the molecule is CCCCCCCCCCOc1ccc(C=CC(=O)Oc2ccc(C(=O)OCC(F)CCCCCC)cc2)cc1. The summed E-state index contributed by atoms with van der Waals surface area (Å²) in [6.45, 7) is 4.80. The van der Waals surface area contributed by atoms with E-state index in [9.17, 15) is 14.0 Å². The van der Waals surface area contributed by atoms with Gasteiger partial charge in [-0.3, -0.25) is 0 Å². The molecule has 0 spiro atoms. The Morgan fingerprint density at radius 3 is 1.98 bits per heavy atom. The monoisotopic (exact) mass is 554 g/mol. The van der Waals surface area contributed by atoms with E-state index in [4.69, 9.17) is 14.2 Å². The van der Waals surface area contributed by atoms with Gasteiger partial charge in [0.25, 0.3) is 0 Å². The molecule has 0 heterocycles. The third-order valence-electron chi connectivity index (χ3n) is 6.63. The third kappa shape index (κ3) is 14.9. The summed E-state index contributed by atoms with van der Waals surface area (Å²) in [7, 11) is 0. The van der Waals surface area contributed by atoms with Crippen LogP contribution in [0.1, 0.15) is 113 Å². The average molecular weight is 555 g/mol. The van der Waals surface area contributed by atoms with Crippen LogP contribution in [0.25, 0.3) is 6.08 Å². The Balaban J connectivity index is 1.65. The second-order valence-corrected chi connectivity index (χ2v) is 10.2. The number of halogens is 1. The second kappa shape index (κ2) is 20.7. The van der Waals surface area contributed by atoms with Gasteiger partial charge < -0.3 is 14.2 Å². The van der Waals surface area contributed by atoms with Gasteiger partial charge in [-0.1, -0.05) is 96.6 Å². The number of alkyl halides is 1. The van der Waals surface area contributed by atoms with Crippen LogP contribution >= 0.6 is 0 Å². The minimum Gasteiger partial charge on any atom is -0.494 e. The lowest BCUT2D eigenvalue weighted by Crippen LogP contribution is -2.15. The summed E-state index contributed by atoms with van der Waals surface area (Å²) in [6.07, 6.45) is 16.4. The fourth-order valence-electron chi connectivity index (χ4n) is 4.20. The molecule has 220 valence electrons. The van der Waals surface area contributed by atoms with Gasteiger partial charge in [0.2, 0.25) is 0 Å². The Labute approximate surface area is 240 Å². The summed E-state index contributed by atoms with van der Waals surface area (Å²) in [5.41, 5.74) is 1.13. The van der Waals surface area contributed by atoms with Crippen LogP contribution in [0.2, 0.25) is 0 Å². The van der Waals surface area contributed by atoms with Crippen molar-refractivity contribution in [2.24, 2.45) is 0 Å². The molecule has 0 aliphatic heterocycles. The van der Waals surface area contributed by atoms with E-state index in [0.717, 1.165) is 43.4 Å². The Morgan fingerprint density at radius 1 is 0.750 bits per heavy atom. The van der Waals surface area contributed by atoms with Crippen LogP contribution in [-0.2, 0) is 9.53 Å². The number of ether oxygens (including phenoxy) is 3. The van der Waals surface area contributed by atoms with Crippen molar-refractivity contribution in [1.29, 1.82) is 0 Å². The van der Waals surface area contributed by atoms with Crippen molar-refractivity contribution in [1.82, 2.24) is 0 Å². The van der Waals surface area contributed by atoms with Crippen LogP contribution in [0.4, 0.5) is 4.39 Å². The van der Waals surface area contributed by atoms with E-state index in [2.05, 4.69) is 13.8 Å². The summed E-state index contributed by atoms with van der Waals surface area (Å²) in [5.74, 6) is -0.0154. The number of carbonyl (C=O) groups excluding carboxylic acids is 2. The highest BCUT2D eigenvalue weighted by molar-refractivity contribution is 5.90. The predicted octanol–water partition coefficient (Wildman–Crippen LogP) is 9.29.